The summed E-state index contributed by atoms with van der Waals surface area (Å²) in [4.78, 5) is 24.1. The van der Waals surface area contributed by atoms with Crippen LogP contribution in [0, 0.1) is 0 Å². The molecule has 0 heterocycles. The molecule has 0 spiro atoms. The minimum Gasteiger partial charge on any atom is -0.464 e. The molecule has 0 rings (SSSR count). The quantitative estimate of drug-likeness (QED) is 0.136. The molecule has 0 aliphatic rings. The van der Waals surface area contributed by atoms with E-state index in [0.717, 1.165) is 64.2 Å². The molecule has 0 aromatic rings. The Balaban J connectivity index is 3.71. The average Bonchev–Trinajstić information content (AvgIpc) is 2.79. The lowest BCUT2D eigenvalue weighted by molar-refractivity contribution is -0.166. The molecule has 32 heavy (non-hydrogen) atoms. The van der Waals surface area contributed by atoms with E-state index in [0.29, 0.717) is 13.0 Å². The third-order valence-electron chi connectivity index (χ3n) is 5.68. The zero-order chi connectivity index (χ0) is 24.1. The van der Waals surface area contributed by atoms with Crippen molar-refractivity contribution in [3.8, 4) is 0 Å². The number of amides is 1. The van der Waals surface area contributed by atoms with E-state index in [1.165, 1.54) is 26.4 Å². The molecule has 0 fully saturated rings. The Hall–Kier alpha value is -1.40. The molecule has 2 atom stereocenters. The highest BCUT2D eigenvalue weighted by molar-refractivity contribution is 5.81. The number of nitrogens with one attached hydrogen (secondary N) is 1. The Morgan fingerprint density at radius 1 is 0.969 bits per heavy atom. The summed E-state index contributed by atoms with van der Waals surface area (Å²) in [5.74, 6) is -0.509. The van der Waals surface area contributed by atoms with Crippen molar-refractivity contribution in [3.05, 3.63) is 12.2 Å². The van der Waals surface area contributed by atoms with E-state index in [1.54, 1.807) is 6.92 Å². The summed E-state index contributed by atoms with van der Waals surface area (Å²) in [6.07, 6.45) is 18.1. The molecule has 188 valence electrons. The Bertz CT molecular complexity index is 508. The highest BCUT2D eigenvalue weighted by atomic mass is 16.6. The van der Waals surface area contributed by atoms with Crippen LogP contribution >= 0.6 is 0 Å². The maximum absolute atomic E-state index is 12.1. The molecule has 1 unspecified atom stereocenters. The van der Waals surface area contributed by atoms with Crippen LogP contribution in [0.15, 0.2) is 12.2 Å². The predicted octanol–water partition coefficient (Wildman–Crippen LogP) is 5.47. The number of aliphatic hydroxyl groups excluding tert-OH is 1. The van der Waals surface area contributed by atoms with Crippen molar-refractivity contribution >= 4 is 11.9 Å². The van der Waals surface area contributed by atoms with Gasteiger partial charge >= 0.3 is 5.97 Å². The van der Waals surface area contributed by atoms with Gasteiger partial charge in [-0.3, -0.25) is 4.79 Å². The molecule has 0 aromatic heterocycles. The molecular formula is C26H49NO5. The van der Waals surface area contributed by atoms with Gasteiger partial charge < -0.3 is 19.9 Å². The summed E-state index contributed by atoms with van der Waals surface area (Å²) in [7, 11) is 1.45. The molecule has 0 aliphatic heterocycles. The van der Waals surface area contributed by atoms with Gasteiger partial charge in [-0.25, -0.2) is 4.79 Å². The molecule has 1 amide bonds. The number of hydrogen-bond acceptors (Lipinski definition) is 5. The topological polar surface area (TPSA) is 84.9 Å². The minimum atomic E-state index is -1.15. The smallest absolute Gasteiger partial charge is 0.339 e. The van der Waals surface area contributed by atoms with Crippen molar-refractivity contribution in [2.24, 2.45) is 0 Å². The fourth-order valence-electron chi connectivity index (χ4n) is 3.30. The molecule has 0 saturated heterocycles. The average molecular weight is 456 g/mol. The number of allylic oxidation sites excluding steroid dienone is 1. The van der Waals surface area contributed by atoms with Gasteiger partial charge in [0, 0.05) is 13.5 Å². The lowest BCUT2D eigenvalue weighted by Gasteiger charge is -2.26. The van der Waals surface area contributed by atoms with Gasteiger partial charge in [0.15, 0.2) is 5.60 Å². The summed E-state index contributed by atoms with van der Waals surface area (Å²) in [6, 6.07) is 0. The first-order chi connectivity index (χ1) is 15.4. The van der Waals surface area contributed by atoms with Crippen molar-refractivity contribution in [2.75, 3.05) is 20.3 Å². The Morgan fingerprint density at radius 2 is 1.66 bits per heavy atom. The van der Waals surface area contributed by atoms with E-state index in [1.807, 2.05) is 6.92 Å². The van der Waals surface area contributed by atoms with E-state index in [2.05, 4.69) is 24.4 Å². The van der Waals surface area contributed by atoms with Crippen molar-refractivity contribution < 1.29 is 24.2 Å². The number of esters is 1. The summed E-state index contributed by atoms with van der Waals surface area (Å²) < 4.78 is 10.4. The molecule has 0 bridgehead atoms. The predicted molar refractivity (Wildman–Crippen MR) is 131 cm³/mol. The second-order valence-electron chi connectivity index (χ2n) is 8.86. The molecule has 6 nitrogen and oxygen atoms in total. The van der Waals surface area contributed by atoms with Gasteiger partial charge in [-0.2, -0.15) is 0 Å². The molecule has 0 saturated carbocycles. The molecule has 2 N–H and O–H groups in total. The SMILES string of the molecule is CCCCCC[C@@H](O)CC=CCCCCCCCC(=O)NCC(C)(OC)C(=O)OCCC. The Kier molecular flexibility index (Phi) is 19.3. The maximum Gasteiger partial charge on any atom is 0.339 e. The van der Waals surface area contributed by atoms with Gasteiger partial charge in [0.05, 0.1) is 19.3 Å². The van der Waals surface area contributed by atoms with Gasteiger partial charge in [-0.05, 0) is 45.4 Å². The van der Waals surface area contributed by atoms with Crippen LogP contribution in [-0.4, -0.2) is 48.9 Å². The van der Waals surface area contributed by atoms with Crippen LogP contribution in [0.25, 0.3) is 0 Å². The van der Waals surface area contributed by atoms with Crippen LogP contribution in [0.1, 0.15) is 111 Å². The third kappa shape index (κ3) is 16.3. The number of carbonyl (C=O) groups excluding carboxylic acids is 2. The van der Waals surface area contributed by atoms with Gasteiger partial charge in [-0.1, -0.05) is 70.9 Å². The lowest BCUT2D eigenvalue weighted by Crippen LogP contribution is -2.49. The zero-order valence-electron chi connectivity index (χ0n) is 21.1. The van der Waals surface area contributed by atoms with Crippen LogP contribution in [-0.2, 0) is 19.1 Å². The summed E-state index contributed by atoms with van der Waals surface area (Å²) in [5, 5.41) is 12.7. The Morgan fingerprint density at radius 3 is 2.34 bits per heavy atom. The van der Waals surface area contributed by atoms with E-state index in [9.17, 15) is 14.7 Å². The third-order valence-corrected chi connectivity index (χ3v) is 5.68. The number of hydrogen-bond donors (Lipinski definition) is 2. The normalized spacial score (nSPS) is 14.3. The first-order valence-corrected chi connectivity index (χ1v) is 12.7. The minimum absolute atomic E-state index is 0.0623. The van der Waals surface area contributed by atoms with E-state index < -0.39 is 11.6 Å². The number of aliphatic hydroxyl groups is 1. The number of unbranched alkanes of at least 4 members (excludes halogenated alkanes) is 8. The highest BCUT2D eigenvalue weighted by Gasteiger charge is 2.35. The number of carbonyl (C=O) groups is 2. The van der Waals surface area contributed by atoms with Gasteiger partial charge in [-0.15, -0.1) is 0 Å². The van der Waals surface area contributed by atoms with Crippen molar-refractivity contribution in [1.82, 2.24) is 5.32 Å². The van der Waals surface area contributed by atoms with Crippen LogP contribution in [0.3, 0.4) is 0 Å². The van der Waals surface area contributed by atoms with Crippen LogP contribution in [0.4, 0.5) is 0 Å². The first kappa shape index (κ1) is 30.6. The van der Waals surface area contributed by atoms with E-state index in [-0.39, 0.29) is 18.6 Å². The molecular weight excluding hydrogens is 406 g/mol. The van der Waals surface area contributed by atoms with Crippen LogP contribution < -0.4 is 5.32 Å². The highest BCUT2D eigenvalue weighted by Crippen LogP contribution is 2.12. The van der Waals surface area contributed by atoms with Crippen molar-refractivity contribution in [2.45, 2.75) is 122 Å². The molecule has 0 radical (unpaired) electrons. The van der Waals surface area contributed by atoms with Crippen molar-refractivity contribution in [3.63, 3.8) is 0 Å². The maximum atomic E-state index is 12.1. The summed E-state index contributed by atoms with van der Waals surface area (Å²) in [5.41, 5.74) is -1.15. The van der Waals surface area contributed by atoms with Gasteiger partial charge in [0.2, 0.25) is 5.91 Å². The summed E-state index contributed by atoms with van der Waals surface area (Å²) >= 11 is 0. The van der Waals surface area contributed by atoms with Crippen molar-refractivity contribution in [1.29, 1.82) is 0 Å². The zero-order valence-corrected chi connectivity index (χ0v) is 21.1. The second-order valence-corrected chi connectivity index (χ2v) is 8.86. The number of rotatable bonds is 21. The monoisotopic (exact) mass is 455 g/mol. The van der Waals surface area contributed by atoms with Gasteiger partial charge in [0.25, 0.3) is 0 Å². The molecule has 0 aromatic carbocycles. The first-order valence-electron chi connectivity index (χ1n) is 12.7. The second kappa shape index (κ2) is 20.2. The Labute approximate surface area is 196 Å². The largest absolute Gasteiger partial charge is 0.464 e. The van der Waals surface area contributed by atoms with Gasteiger partial charge in [0.1, 0.15) is 0 Å². The number of methoxy groups -OCH3 is 1. The van der Waals surface area contributed by atoms with E-state index in [4.69, 9.17) is 9.47 Å². The lowest BCUT2D eigenvalue weighted by atomic mass is 10.1. The fraction of sp³-hybridized carbons (Fsp3) is 0.846. The summed E-state index contributed by atoms with van der Waals surface area (Å²) in [6.45, 7) is 6.23. The standard InChI is InChI=1S/C26H49NO5/c1-5-7-8-15-18-23(28)19-16-13-11-9-10-12-14-17-20-24(29)27-22-26(3,31-4)25(30)32-21-6-2/h13,16,23,28H,5-12,14-15,17-22H2,1-4H3,(H,27,29)/t23-,26?/m1/s1. The fourth-order valence-corrected chi connectivity index (χ4v) is 3.30. The van der Waals surface area contributed by atoms with Crippen LogP contribution in [0.2, 0.25) is 0 Å². The molecule has 6 heteroatoms. The van der Waals surface area contributed by atoms with E-state index >= 15 is 0 Å². The van der Waals surface area contributed by atoms with Crippen LogP contribution in [0.5, 0.6) is 0 Å². The molecule has 0 aliphatic carbocycles. The number of ether oxygens (including phenoxy) is 2.